The molecule has 6 nitrogen and oxygen atoms in total. The first-order valence-corrected chi connectivity index (χ1v) is 8.78. The van der Waals surface area contributed by atoms with Crippen LogP contribution in [0, 0.1) is 6.92 Å². The van der Waals surface area contributed by atoms with E-state index in [4.69, 9.17) is 9.26 Å². The maximum Gasteiger partial charge on any atom is 0.237 e. The van der Waals surface area contributed by atoms with Gasteiger partial charge in [0.25, 0.3) is 0 Å². The summed E-state index contributed by atoms with van der Waals surface area (Å²) in [7, 11) is 0. The van der Waals surface area contributed by atoms with E-state index in [0.717, 1.165) is 24.3 Å². The number of thiophene rings is 1. The van der Waals surface area contributed by atoms with Gasteiger partial charge in [-0.1, -0.05) is 11.2 Å². The number of fused-ring (bicyclic) bond motifs is 1. The van der Waals surface area contributed by atoms with Crippen LogP contribution in [0.25, 0.3) is 0 Å². The molecule has 0 radical (unpaired) electrons. The van der Waals surface area contributed by atoms with Gasteiger partial charge in [0, 0.05) is 24.6 Å². The van der Waals surface area contributed by atoms with Crippen molar-refractivity contribution >= 4 is 17.2 Å². The lowest BCUT2D eigenvalue weighted by atomic mass is 9.76. The third-order valence-electron chi connectivity index (χ3n) is 4.83. The smallest absolute Gasteiger partial charge is 0.237 e. The Morgan fingerprint density at radius 1 is 1.57 bits per heavy atom. The summed E-state index contributed by atoms with van der Waals surface area (Å²) < 4.78 is 11.4. The molecule has 2 saturated heterocycles. The van der Waals surface area contributed by atoms with Gasteiger partial charge in [-0.05, 0) is 31.2 Å². The number of rotatable bonds is 3. The number of amides is 1. The zero-order valence-corrected chi connectivity index (χ0v) is 13.8. The number of carbonyl (C=O) groups is 1. The molecule has 2 fully saturated rings. The fourth-order valence-corrected chi connectivity index (χ4v) is 4.33. The molecular weight excluding hydrogens is 314 g/mol. The van der Waals surface area contributed by atoms with E-state index < -0.39 is 0 Å². The van der Waals surface area contributed by atoms with Gasteiger partial charge in [0.15, 0.2) is 5.82 Å². The van der Waals surface area contributed by atoms with Gasteiger partial charge in [-0.2, -0.15) is 4.98 Å². The maximum absolute atomic E-state index is 12.7. The Bertz CT molecular complexity index is 699. The largest absolute Gasteiger partial charge is 0.377 e. The van der Waals surface area contributed by atoms with Crippen molar-refractivity contribution in [1.29, 1.82) is 0 Å². The lowest BCUT2D eigenvalue weighted by molar-refractivity contribution is -0.134. The number of hydrogen-bond acceptors (Lipinski definition) is 6. The number of carbonyl (C=O) groups excluding carboxylic acids is 1. The molecule has 23 heavy (non-hydrogen) atoms. The van der Waals surface area contributed by atoms with Crippen molar-refractivity contribution in [2.75, 3.05) is 19.7 Å². The second-order valence-corrected chi connectivity index (χ2v) is 7.30. The summed E-state index contributed by atoms with van der Waals surface area (Å²) >= 11 is 1.62. The van der Waals surface area contributed by atoms with E-state index in [-0.39, 0.29) is 17.4 Å². The highest BCUT2D eigenvalue weighted by Gasteiger charge is 2.53. The molecule has 2 aliphatic heterocycles. The van der Waals surface area contributed by atoms with Gasteiger partial charge in [-0.3, -0.25) is 4.79 Å². The van der Waals surface area contributed by atoms with Crippen LogP contribution in [0.2, 0.25) is 0 Å². The SMILES string of the molecule is Cc1noc([C@@]23CCO[C@@H]2CCN(C(=O)Cc2cccs2)C3)n1. The first-order chi connectivity index (χ1) is 11.2. The van der Waals surface area contributed by atoms with Crippen LogP contribution >= 0.6 is 11.3 Å². The lowest BCUT2D eigenvalue weighted by Crippen LogP contribution is -2.54. The molecule has 2 aromatic heterocycles. The molecule has 0 aliphatic carbocycles. The van der Waals surface area contributed by atoms with Gasteiger partial charge in [0.1, 0.15) is 0 Å². The zero-order chi connectivity index (χ0) is 15.9. The van der Waals surface area contributed by atoms with Crippen LogP contribution in [0.5, 0.6) is 0 Å². The van der Waals surface area contributed by atoms with Crippen molar-refractivity contribution in [3.8, 4) is 0 Å². The summed E-state index contributed by atoms with van der Waals surface area (Å²) in [6.45, 7) is 3.82. The van der Waals surface area contributed by atoms with E-state index >= 15 is 0 Å². The average molecular weight is 333 g/mol. The van der Waals surface area contributed by atoms with E-state index in [0.29, 0.717) is 31.3 Å². The first kappa shape index (κ1) is 14.8. The van der Waals surface area contributed by atoms with E-state index in [9.17, 15) is 4.79 Å². The minimum absolute atomic E-state index is 0.0631. The molecule has 0 saturated carbocycles. The average Bonchev–Trinajstić information content (AvgIpc) is 3.26. The van der Waals surface area contributed by atoms with Crippen LogP contribution < -0.4 is 0 Å². The lowest BCUT2D eigenvalue weighted by Gasteiger charge is -2.41. The molecule has 0 aromatic carbocycles. The summed E-state index contributed by atoms with van der Waals surface area (Å²) in [5.74, 6) is 1.40. The van der Waals surface area contributed by atoms with Crippen molar-refractivity contribution in [3.05, 3.63) is 34.1 Å². The van der Waals surface area contributed by atoms with E-state index in [1.807, 2.05) is 29.3 Å². The highest BCUT2D eigenvalue weighted by molar-refractivity contribution is 7.10. The Hall–Kier alpha value is -1.73. The van der Waals surface area contributed by atoms with E-state index in [1.165, 1.54) is 0 Å². The Morgan fingerprint density at radius 3 is 3.22 bits per heavy atom. The topological polar surface area (TPSA) is 68.5 Å². The number of aryl methyl sites for hydroxylation is 1. The van der Waals surface area contributed by atoms with Crippen LogP contribution in [0.1, 0.15) is 29.4 Å². The molecular formula is C16H19N3O3S. The van der Waals surface area contributed by atoms with Crippen LogP contribution in [0.4, 0.5) is 0 Å². The summed E-state index contributed by atoms with van der Waals surface area (Å²) in [5, 5.41) is 5.94. The molecule has 0 N–H and O–H groups in total. The molecule has 0 spiro atoms. The highest BCUT2D eigenvalue weighted by atomic mass is 32.1. The highest BCUT2D eigenvalue weighted by Crippen LogP contribution is 2.42. The maximum atomic E-state index is 12.7. The summed E-state index contributed by atoms with van der Waals surface area (Å²) in [6.07, 6.45) is 2.16. The van der Waals surface area contributed by atoms with Gasteiger partial charge in [0.2, 0.25) is 11.8 Å². The Balaban J connectivity index is 1.57. The molecule has 122 valence electrons. The Kier molecular flexibility index (Phi) is 3.69. The number of piperidine rings is 1. The van der Waals surface area contributed by atoms with Crippen molar-refractivity contribution in [2.45, 2.75) is 37.7 Å². The third-order valence-corrected chi connectivity index (χ3v) is 5.71. The normalized spacial score (nSPS) is 27.2. The number of hydrogen-bond donors (Lipinski definition) is 0. The molecule has 2 aromatic rings. The number of likely N-dealkylation sites (tertiary alicyclic amines) is 1. The summed E-state index contributed by atoms with van der Waals surface area (Å²) in [4.78, 5) is 20.1. The molecule has 2 aliphatic rings. The standard InChI is InChI=1S/C16H19N3O3S/c1-11-17-15(22-18-11)16-5-7-21-13(16)4-6-19(10-16)14(20)9-12-3-2-8-23-12/h2-3,8,13H,4-7,9-10H2,1H3/t13-,16-/m1/s1. The number of aromatic nitrogens is 2. The van der Waals surface area contributed by atoms with E-state index in [1.54, 1.807) is 11.3 Å². The summed E-state index contributed by atoms with van der Waals surface area (Å²) in [6, 6.07) is 3.98. The number of ether oxygens (including phenoxy) is 1. The predicted octanol–water partition coefficient (Wildman–Crippen LogP) is 1.94. The van der Waals surface area contributed by atoms with Crippen LogP contribution in [-0.4, -0.2) is 46.7 Å². The Labute approximate surface area is 138 Å². The van der Waals surface area contributed by atoms with Gasteiger partial charge < -0.3 is 14.2 Å². The van der Waals surface area contributed by atoms with Crippen molar-refractivity contribution in [2.24, 2.45) is 0 Å². The van der Waals surface area contributed by atoms with Gasteiger partial charge in [-0.15, -0.1) is 11.3 Å². The fourth-order valence-electron chi connectivity index (χ4n) is 3.64. The zero-order valence-electron chi connectivity index (χ0n) is 13.0. The summed E-state index contributed by atoms with van der Waals surface area (Å²) in [5.41, 5.74) is -0.343. The van der Waals surface area contributed by atoms with Gasteiger partial charge in [0.05, 0.1) is 17.9 Å². The monoisotopic (exact) mass is 333 g/mol. The second kappa shape index (κ2) is 5.72. The Morgan fingerprint density at radius 2 is 2.48 bits per heavy atom. The third kappa shape index (κ3) is 2.57. The molecule has 4 heterocycles. The molecule has 7 heteroatoms. The first-order valence-electron chi connectivity index (χ1n) is 7.90. The molecule has 1 amide bonds. The number of nitrogens with zero attached hydrogens (tertiary/aromatic N) is 3. The van der Waals surface area contributed by atoms with Gasteiger partial charge in [-0.25, -0.2) is 0 Å². The second-order valence-electron chi connectivity index (χ2n) is 6.27. The van der Waals surface area contributed by atoms with E-state index in [2.05, 4.69) is 10.1 Å². The fraction of sp³-hybridized carbons (Fsp3) is 0.562. The van der Waals surface area contributed by atoms with Crippen LogP contribution in [0.15, 0.2) is 22.0 Å². The minimum atomic E-state index is -0.343. The van der Waals surface area contributed by atoms with Crippen molar-refractivity contribution in [1.82, 2.24) is 15.0 Å². The minimum Gasteiger partial charge on any atom is -0.377 e. The van der Waals surface area contributed by atoms with Gasteiger partial charge >= 0.3 is 0 Å². The molecule has 0 bridgehead atoms. The predicted molar refractivity (Wildman–Crippen MR) is 84.3 cm³/mol. The van der Waals surface area contributed by atoms with Crippen LogP contribution in [0.3, 0.4) is 0 Å². The quantitative estimate of drug-likeness (QED) is 0.859. The molecule has 4 rings (SSSR count). The van der Waals surface area contributed by atoms with Crippen molar-refractivity contribution in [3.63, 3.8) is 0 Å². The van der Waals surface area contributed by atoms with Crippen LogP contribution in [-0.2, 0) is 21.4 Å². The van der Waals surface area contributed by atoms with Crippen molar-refractivity contribution < 1.29 is 14.1 Å². The molecule has 2 atom stereocenters. The molecule has 0 unspecified atom stereocenters.